The van der Waals surface area contributed by atoms with Crippen LogP contribution in [0.25, 0.3) is 0 Å². The number of carbonyl (C=O) groups excluding carboxylic acids is 1. The van der Waals surface area contributed by atoms with E-state index in [9.17, 15) is 14.7 Å². The van der Waals surface area contributed by atoms with E-state index >= 15 is 0 Å². The normalized spacial score (nSPS) is 11.0. The van der Waals surface area contributed by atoms with Gasteiger partial charge in [0.1, 0.15) is 17.1 Å². The lowest BCUT2D eigenvalue weighted by Gasteiger charge is -2.21. The van der Waals surface area contributed by atoms with Gasteiger partial charge in [0, 0.05) is 13.1 Å². The van der Waals surface area contributed by atoms with Crippen molar-refractivity contribution in [3.63, 3.8) is 0 Å². The third-order valence-electron chi connectivity index (χ3n) is 4.02. The highest BCUT2D eigenvalue weighted by atomic mass is 16.6. The molecule has 0 aliphatic rings. The molecule has 0 saturated heterocycles. The molecule has 156 valence electrons. The molecule has 8 nitrogen and oxygen atoms in total. The smallest absolute Gasteiger partial charge is 0.412 e. The summed E-state index contributed by atoms with van der Waals surface area (Å²) in [4.78, 5) is 24.3. The second kappa shape index (κ2) is 8.30. The van der Waals surface area contributed by atoms with E-state index in [1.165, 1.54) is 7.05 Å². The van der Waals surface area contributed by atoms with E-state index in [4.69, 9.17) is 15.2 Å². The zero-order valence-corrected chi connectivity index (χ0v) is 17.5. The molecule has 2 aromatic carbocycles. The molecule has 0 bridgehead atoms. The highest BCUT2D eigenvalue weighted by molar-refractivity contribution is 5.90. The van der Waals surface area contributed by atoms with Crippen molar-refractivity contribution in [2.24, 2.45) is 0 Å². The van der Waals surface area contributed by atoms with Crippen molar-refractivity contribution in [1.82, 2.24) is 0 Å². The molecular formula is C21H27N3O5. The number of carbonyl (C=O) groups is 2. The maximum Gasteiger partial charge on any atom is 0.412 e. The molecule has 0 aliphatic heterocycles. The molecule has 2 aromatic rings. The number of hydrogen-bond acceptors (Lipinski definition) is 5. The number of benzene rings is 2. The zero-order chi connectivity index (χ0) is 21.9. The van der Waals surface area contributed by atoms with Gasteiger partial charge in [-0.15, -0.1) is 0 Å². The Kier molecular flexibility index (Phi) is 6.26. The summed E-state index contributed by atoms with van der Waals surface area (Å²) < 4.78 is 11.2. The van der Waals surface area contributed by atoms with Crippen LogP contribution < -0.4 is 20.7 Å². The molecule has 8 heteroatoms. The van der Waals surface area contributed by atoms with Crippen LogP contribution in [0, 0.1) is 13.8 Å². The largest absolute Gasteiger partial charge is 0.465 e. The number of anilines is 3. The first-order chi connectivity index (χ1) is 13.4. The summed E-state index contributed by atoms with van der Waals surface area (Å²) in [5.41, 5.74) is 8.17. The van der Waals surface area contributed by atoms with Gasteiger partial charge < -0.3 is 20.3 Å². The van der Waals surface area contributed by atoms with Crippen LogP contribution in [0.4, 0.5) is 26.7 Å². The molecule has 2 amide bonds. The predicted octanol–water partition coefficient (Wildman–Crippen LogP) is 5.14. The average molecular weight is 401 g/mol. The molecule has 4 N–H and O–H groups in total. The van der Waals surface area contributed by atoms with Gasteiger partial charge in [-0.3, -0.25) is 10.2 Å². The van der Waals surface area contributed by atoms with Gasteiger partial charge in [0.2, 0.25) is 0 Å². The number of amides is 2. The second-order valence-corrected chi connectivity index (χ2v) is 7.72. The van der Waals surface area contributed by atoms with Crippen molar-refractivity contribution < 1.29 is 24.2 Å². The molecule has 2 rings (SSSR count). The first-order valence-corrected chi connectivity index (χ1v) is 9.02. The molecule has 0 heterocycles. The number of nitrogens with one attached hydrogen (secondary N) is 1. The number of aryl methyl sites for hydroxylation is 2. The van der Waals surface area contributed by atoms with Crippen LogP contribution in [0.2, 0.25) is 0 Å². The Morgan fingerprint density at radius 1 is 1.07 bits per heavy atom. The molecule has 0 unspecified atom stereocenters. The molecule has 0 atom stereocenters. The van der Waals surface area contributed by atoms with Crippen LogP contribution in [-0.2, 0) is 4.74 Å². The summed E-state index contributed by atoms with van der Waals surface area (Å²) in [6, 6.07) is 8.35. The minimum atomic E-state index is -1.13. The summed E-state index contributed by atoms with van der Waals surface area (Å²) in [5.74, 6) is 0.984. The molecule has 0 aromatic heterocycles. The number of ether oxygens (including phenoxy) is 2. The third-order valence-corrected chi connectivity index (χ3v) is 4.02. The highest BCUT2D eigenvalue weighted by Crippen LogP contribution is 2.33. The van der Waals surface area contributed by atoms with Crippen LogP contribution in [-0.4, -0.2) is 29.9 Å². The van der Waals surface area contributed by atoms with Crippen LogP contribution in [0.1, 0.15) is 31.9 Å². The van der Waals surface area contributed by atoms with Crippen molar-refractivity contribution in [1.29, 1.82) is 0 Å². The van der Waals surface area contributed by atoms with Gasteiger partial charge in [0.25, 0.3) is 0 Å². The van der Waals surface area contributed by atoms with E-state index in [-0.39, 0.29) is 0 Å². The lowest BCUT2D eigenvalue weighted by atomic mass is 10.1. The Balaban J connectivity index is 2.24. The molecular weight excluding hydrogens is 374 g/mol. The van der Waals surface area contributed by atoms with E-state index in [0.717, 1.165) is 16.0 Å². The Bertz CT molecular complexity index is 911. The topological polar surface area (TPSA) is 114 Å². The van der Waals surface area contributed by atoms with E-state index in [0.29, 0.717) is 28.6 Å². The zero-order valence-electron chi connectivity index (χ0n) is 17.5. The Morgan fingerprint density at radius 3 is 2.17 bits per heavy atom. The maximum absolute atomic E-state index is 12.1. The van der Waals surface area contributed by atoms with E-state index in [2.05, 4.69) is 5.32 Å². The Labute approximate surface area is 170 Å². The van der Waals surface area contributed by atoms with Crippen LogP contribution >= 0.6 is 0 Å². The van der Waals surface area contributed by atoms with Crippen molar-refractivity contribution in [2.75, 3.05) is 23.0 Å². The van der Waals surface area contributed by atoms with Crippen molar-refractivity contribution >= 4 is 29.2 Å². The SMILES string of the molecule is Cc1cc(Oc2ccc(N)c(N(C)C(=O)O)c2)cc(C)c1NC(=O)OC(C)(C)C. The molecule has 0 radical (unpaired) electrons. The number of nitrogen functional groups attached to an aromatic ring is 1. The Hall–Kier alpha value is -3.42. The summed E-state index contributed by atoms with van der Waals surface area (Å²) in [5, 5.41) is 11.9. The van der Waals surface area contributed by atoms with Gasteiger partial charge in [-0.25, -0.2) is 9.59 Å². The van der Waals surface area contributed by atoms with Gasteiger partial charge in [0.15, 0.2) is 0 Å². The van der Waals surface area contributed by atoms with Gasteiger partial charge in [-0.1, -0.05) is 0 Å². The fourth-order valence-corrected chi connectivity index (χ4v) is 2.70. The Morgan fingerprint density at radius 2 is 1.66 bits per heavy atom. The number of nitrogens with two attached hydrogens (primary N) is 1. The van der Waals surface area contributed by atoms with Crippen molar-refractivity contribution in [3.8, 4) is 11.5 Å². The van der Waals surface area contributed by atoms with Gasteiger partial charge in [0.05, 0.1) is 17.1 Å². The second-order valence-electron chi connectivity index (χ2n) is 7.72. The summed E-state index contributed by atoms with van der Waals surface area (Å²) >= 11 is 0. The number of carboxylic acid groups (broad SMARTS) is 1. The standard InChI is InChI=1S/C21H27N3O5/c1-12-9-15(10-13(2)18(12)23-19(25)29-21(3,4)5)28-14-7-8-16(22)17(11-14)24(6)20(26)27/h7-11H,22H2,1-6H3,(H,23,25)(H,26,27). The van der Waals surface area contributed by atoms with Crippen LogP contribution in [0.3, 0.4) is 0 Å². The molecule has 0 spiro atoms. The quantitative estimate of drug-likeness (QED) is 0.611. The lowest BCUT2D eigenvalue weighted by molar-refractivity contribution is 0.0635. The van der Waals surface area contributed by atoms with Gasteiger partial charge in [-0.05, 0) is 70.0 Å². The van der Waals surface area contributed by atoms with E-state index in [1.54, 1.807) is 51.1 Å². The maximum atomic E-state index is 12.1. The summed E-state index contributed by atoms with van der Waals surface area (Å²) in [6.07, 6.45) is -1.66. The average Bonchev–Trinajstić information content (AvgIpc) is 2.57. The fourth-order valence-electron chi connectivity index (χ4n) is 2.70. The van der Waals surface area contributed by atoms with Gasteiger partial charge >= 0.3 is 12.2 Å². The minimum Gasteiger partial charge on any atom is -0.465 e. The van der Waals surface area contributed by atoms with Gasteiger partial charge in [-0.2, -0.15) is 0 Å². The first kappa shape index (κ1) is 21.9. The minimum absolute atomic E-state index is 0.325. The third kappa shape index (κ3) is 5.78. The van der Waals surface area contributed by atoms with E-state index in [1.807, 2.05) is 13.8 Å². The predicted molar refractivity (Wildman–Crippen MR) is 113 cm³/mol. The first-order valence-electron chi connectivity index (χ1n) is 9.02. The summed E-state index contributed by atoms with van der Waals surface area (Å²) in [6.45, 7) is 9.09. The number of nitrogens with zero attached hydrogens (tertiary/aromatic N) is 1. The van der Waals surface area contributed by atoms with Crippen LogP contribution in [0.15, 0.2) is 30.3 Å². The summed E-state index contributed by atoms with van der Waals surface area (Å²) in [7, 11) is 1.41. The van der Waals surface area contributed by atoms with E-state index < -0.39 is 17.8 Å². The monoisotopic (exact) mass is 401 g/mol. The molecule has 0 fully saturated rings. The molecule has 0 aliphatic carbocycles. The fraction of sp³-hybridized carbons (Fsp3) is 0.333. The highest BCUT2D eigenvalue weighted by Gasteiger charge is 2.18. The lowest BCUT2D eigenvalue weighted by Crippen LogP contribution is -2.27. The number of rotatable bonds is 4. The molecule has 0 saturated carbocycles. The molecule has 29 heavy (non-hydrogen) atoms. The van der Waals surface area contributed by atoms with Crippen molar-refractivity contribution in [2.45, 2.75) is 40.2 Å². The van der Waals surface area contributed by atoms with Crippen LogP contribution in [0.5, 0.6) is 11.5 Å². The number of hydrogen-bond donors (Lipinski definition) is 3. The van der Waals surface area contributed by atoms with Crippen molar-refractivity contribution in [3.05, 3.63) is 41.5 Å².